The van der Waals surface area contributed by atoms with E-state index in [-0.39, 0.29) is 33.0 Å². The molecule has 0 amide bonds. The van der Waals surface area contributed by atoms with Crippen LogP contribution in [0.5, 0.6) is 5.75 Å². The fourth-order valence-corrected chi connectivity index (χ4v) is 5.34. The molecular formula is C34H46O11. The molecule has 0 bridgehead atoms. The third kappa shape index (κ3) is 9.66. The molecule has 0 aromatic heterocycles. The second-order valence-corrected chi connectivity index (χ2v) is 10.7. The number of rotatable bonds is 18. The predicted octanol–water partition coefficient (Wildman–Crippen LogP) is 3.43. The van der Waals surface area contributed by atoms with Crippen LogP contribution < -0.4 is 4.74 Å². The Morgan fingerprint density at radius 1 is 0.778 bits per heavy atom. The molecular weight excluding hydrogens is 584 g/mol. The van der Waals surface area contributed by atoms with Crippen molar-refractivity contribution in [3.05, 3.63) is 91.0 Å². The van der Waals surface area contributed by atoms with Crippen molar-refractivity contribution in [2.24, 2.45) is 0 Å². The van der Waals surface area contributed by atoms with E-state index < -0.39 is 55.3 Å². The second-order valence-electron chi connectivity index (χ2n) is 10.7. The average molecular weight is 631 g/mol. The summed E-state index contributed by atoms with van der Waals surface area (Å²) in [4.78, 5) is 0. The monoisotopic (exact) mass is 630 g/mol. The van der Waals surface area contributed by atoms with E-state index in [0.717, 1.165) is 16.9 Å². The highest BCUT2D eigenvalue weighted by atomic mass is 16.8. The zero-order valence-corrected chi connectivity index (χ0v) is 26.2. The molecule has 2 aliphatic rings. The minimum Gasteiger partial charge on any atom is -0.497 e. The highest BCUT2D eigenvalue weighted by Gasteiger charge is 2.51. The van der Waals surface area contributed by atoms with Crippen LogP contribution in [0.4, 0.5) is 0 Å². The maximum atomic E-state index is 11.3. The van der Waals surface area contributed by atoms with Crippen LogP contribution in [0.15, 0.2) is 79.9 Å². The van der Waals surface area contributed by atoms with Gasteiger partial charge in [-0.1, -0.05) is 54.6 Å². The molecule has 2 aromatic carbocycles. The topological polar surface area (TPSA) is 113 Å². The molecule has 4 rings (SSSR count). The third-order valence-electron chi connectivity index (χ3n) is 7.59. The van der Waals surface area contributed by atoms with Crippen LogP contribution in [0.25, 0.3) is 0 Å². The van der Waals surface area contributed by atoms with Gasteiger partial charge in [-0.2, -0.15) is 0 Å². The first-order valence-electron chi connectivity index (χ1n) is 15.0. The highest BCUT2D eigenvalue weighted by molar-refractivity contribution is 5.26. The van der Waals surface area contributed by atoms with Crippen molar-refractivity contribution in [2.75, 3.05) is 47.8 Å². The minimum atomic E-state index is -1.21. The van der Waals surface area contributed by atoms with Gasteiger partial charge >= 0.3 is 0 Å². The summed E-state index contributed by atoms with van der Waals surface area (Å²) >= 11 is 0. The molecule has 2 heterocycles. The normalized spacial score (nSPS) is 30.1. The maximum Gasteiger partial charge on any atom is 0.190 e. The standard InChI is InChI=1S/C34H46O11/c1-6-17-39-26-22-43-33(28(35)29(26)40-18-7-2)45-34-32(38-5)31(42-19-23-11-9-8-10-12-23)30(27(44-34)21-36-3)41-20-24-13-15-25(37-4)16-14-24/h6-16,26-35H,1-2,17-22H2,3-5H3/t26-,27+,28+,29+,30+,31-,32-,33-,34-/m0/s1. The van der Waals surface area contributed by atoms with E-state index in [1.807, 2.05) is 54.6 Å². The van der Waals surface area contributed by atoms with Gasteiger partial charge in [-0.05, 0) is 23.3 Å². The van der Waals surface area contributed by atoms with Gasteiger partial charge in [-0.25, -0.2) is 0 Å². The Kier molecular flexibility index (Phi) is 14.4. The van der Waals surface area contributed by atoms with Crippen LogP contribution >= 0.6 is 0 Å². The van der Waals surface area contributed by atoms with Crippen molar-refractivity contribution >= 4 is 0 Å². The van der Waals surface area contributed by atoms with Gasteiger partial charge in [0.05, 0.1) is 46.8 Å². The molecule has 11 nitrogen and oxygen atoms in total. The number of hydrogen-bond donors (Lipinski definition) is 1. The highest BCUT2D eigenvalue weighted by Crippen LogP contribution is 2.33. The quantitative estimate of drug-likeness (QED) is 0.245. The SMILES string of the molecule is C=CCO[C@H]1[C@@H](O)[C@H](O[C@@H]2O[C@H](COC)[C@@H](OCc3ccc(OC)cc3)[C@H](OCc3ccccc3)[C@@H]2OC)OC[C@@H]1OCC=C. The summed E-state index contributed by atoms with van der Waals surface area (Å²) in [6.07, 6.45) is -4.01. The van der Waals surface area contributed by atoms with Crippen LogP contribution in [-0.4, -0.2) is 108 Å². The Labute approximate surface area is 265 Å². The van der Waals surface area contributed by atoms with Crippen molar-refractivity contribution in [3.8, 4) is 5.75 Å². The molecule has 0 saturated carbocycles. The molecule has 11 heteroatoms. The molecule has 2 saturated heterocycles. The molecule has 0 unspecified atom stereocenters. The van der Waals surface area contributed by atoms with Crippen molar-refractivity contribution < 1.29 is 52.5 Å². The van der Waals surface area contributed by atoms with Gasteiger partial charge in [0, 0.05) is 14.2 Å². The van der Waals surface area contributed by atoms with Crippen LogP contribution in [0.3, 0.4) is 0 Å². The minimum absolute atomic E-state index is 0.116. The fraction of sp³-hybridized carbons (Fsp3) is 0.529. The zero-order chi connectivity index (χ0) is 32.0. The summed E-state index contributed by atoms with van der Waals surface area (Å²) in [6.45, 7) is 8.76. The number of aliphatic hydroxyl groups excluding tert-OH is 1. The van der Waals surface area contributed by atoms with E-state index in [9.17, 15) is 5.11 Å². The van der Waals surface area contributed by atoms with Crippen LogP contribution in [-0.2, 0) is 55.8 Å². The molecule has 0 spiro atoms. The molecule has 0 aliphatic carbocycles. The molecule has 45 heavy (non-hydrogen) atoms. The largest absolute Gasteiger partial charge is 0.497 e. The van der Waals surface area contributed by atoms with Crippen molar-refractivity contribution in [2.45, 2.75) is 68.5 Å². The van der Waals surface area contributed by atoms with Gasteiger partial charge in [-0.3, -0.25) is 0 Å². The lowest BCUT2D eigenvalue weighted by Crippen LogP contribution is -2.64. The number of benzene rings is 2. The van der Waals surface area contributed by atoms with E-state index in [1.165, 1.54) is 0 Å². The summed E-state index contributed by atoms with van der Waals surface area (Å²) in [5.74, 6) is 0.753. The van der Waals surface area contributed by atoms with Gasteiger partial charge in [0.2, 0.25) is 0 Å². The van der Waals surface area contributed by atoms with Gasteiger partial charge in [0.15, 0.2) is 12.6 Å². The smallest absolute Gasteiger partial charge is 0.190 e. The molecule has 0 radical (unpaired) electrons. The molecule has 2 fully saturated rings. The first-order valence-corrected chi connectivity index (χ1v) is 15.0. The lowest BCUT2D eigenvalue weighted by molar-refractivity contribution is -0.376. The predicted molar refractivity (Wildman–Crippen MR) is 165 cm³/mol. The summed E-state index contributed by atoms with van der Waals surface area (Å²) in [7, 11) is 4.76. The van der Waals surface area contributed by atoms with Gasteiger partial charge in [0.25, 0.3) is 0 Å². The lowest BCUT2D eigenvalue weighted by atomic mass is 9.97. The van der Waals surface area contributed by atoms with Crippen LogP contribution in [0.1, 0.15) is 11.1 Å². The molecule has 1 N–H and O–H groups in total. The Bertz CT molecular complexity index is 1130. The lowest BCUT2D eigenvalue weighted by Gasteiger charge is -2.47. The first kappa shape index (κ1) is 35.2. The Morgan fingerprint density at radius 2 is 1.44 bits per heavy atom. The summed E-state index contributed by atoms with van der Waals surface area (Å²) in [5.41, 5.74) is 1.92. The van der Waals surface area contributed by atoms with Gasteiger partial charge in [0.1, 0.15) is 48.5 Å². The molecule has 2 aromatic rings. The number of methoxy groups -OCH3 is 3. The van der Waals surface area contributed by atoms with E-state index in [4.69, 9.17) is 47.4 Å². The Morgan fingerprint density at radius 3 is 2.09 bits per heavy atom. The van der Waals surface area contributed by atoms with E-state index in [1.54, 1.807) is 33.5 Å². The molecule has 9 atom stereocenters. The maximum absolute atomic E-state index is 11.3. The summed E-state index contributed by atoms with van der Waals surface area (Å²) < 4.78 is 60.1. The summed E-state index contributed by atoms with van der Waals surface area (Å²) in [5, 5.41) is 11.3. The van der Waals surface area contributed by atoms with E-state index in [0.29, 0.717) is 6.61 Å². The third-order valence-corrected chi connectivity index (χ3v) is 7.59. The zero-order valence-electron chi connectivity index (χ0n) is 26.2. The fourth-order valence-electron chi connectivity index (χ4n) is 5.34. The van der Waals surface area contributed by atoms with Gasteiger partial charge < -0.3 is 52.5 Å². The van der Waals surface area contributed by atoms with Crippen molar-refractivity contribution in [1.82, 2.24) is 0 Å². The molecule has 2 aliphatic heterocycles. The van der Waals surface area contributed by atoms with E-state index >= 15 is 0 Å². The number of ether oxygens (including phenoxy) is 10. The second kappa shape index (κ2) is 18.5. The van der Waals surface area contributed by atoms with Gasteiger partial charge in [-0.15, -0.1) is 13.2 Å². The van der Waals surface area contributed by atoms with Crippen molar-refractivity contribution in [1.29, 1.82) is 0 Å². The Balaban J connectivity index is 1.55. The van der Waals surface area contributed by atoms with Crippen LogP contribution in [0.2, 0.25) is 0 Å². The number of hydrogen-bond acceptors (Lipinski definition) is 11. The molecule has 248 valence electrons. The Hall–Kier alpha value is -2.68. The van der Waals surface area contributed by atoms with Crippen LogP contribution in [0, 0.1) is 0 Å². The summed E-state index contributed by atoms with van der Waals surface area (Å²) in [6, 6.07) is 17.4. The van der Waals surface area contributed by atoms with Crippen molar-refractivity contribution in [3.63, 3.8) is 0 Å². The first-order chi connectivity index (χ1) is 22.0. The van der Waals surface area contributed by atoms with E-state index in [2.05, 4.69) is 13.2 Å². The number of aliphatic hydroxyl groups is 1. The average Bonchev–Trinajstić information content (AvgIpc) is 3.07.